The number of carbonyl (C=O) groups excluding carboxylic acids is 1. The number of hydrogen-bond acceptors (Lipinski definition) is 3. The van der Waals surface area contributed by atoms with E-state index in [1.165, 1.54) is 0 Å². The number of allylic oxidation sites excluding steroid dienone is 1. The number of rotatable bonds is 3. The Balaban J connectivity index is 3.37. The second-order valence-electron chi connectivity index (χ2n) is 2.61. The van der Waals surface area contributed by atoms with E-state index in [0.29, 0.717) is 12.1 Å². The third-order valence-electron chi connectivity index (χ3n) is 1.68. The normalized spacial score (nSPS) is 9.73. The van der Waals surface area contributed by atoms with E-state index >= 15 is 0 Å². The van der Waals surface area contributed by atoms with E-state index in [-0.39, 0.29) is 0 Å². The minimum Gasteiger partial charge on any atom is -0.289 e. The topological polar surface area (TPSA) is 60.2 Å². The number of hydrogen-bond donors (Lipinski definition) is 0. The number of nitro benzene ring substituents is 1. The van der Waals surface area contributed by atoms with Crippen LogP contribution >= 0.6 is 0 Å². The van der Waals surface area contributed by atoms with Crippen molar-refractivity contribution in [2.75, 3.05) is 0 Å². The Labute approximate surface area is 83.0 Å². The van der Waals surface area contributed by atoms with Crippen molar-refractivity contribution in [3.63, 3.8) is 0 Å². The van der Waals surface area contributed by atoms with Crippen LogP contribution in [0.25, 0.3) is 0 Å². The molecule has 4 nitrogen and oxygen atoms in total. The number of carbonyl (C=O) groups is 1. The molecule has 0 aliphatic rings. The van der Waals surface area contributed by atoms with Gasteiger partial charge in [0.1, 0.15) is 5.82 Å². The smallest absolute Gasteiger partial charge is 0.289 e. The highest BCUT2D eigenvalue weighted by Crippen LogP contribution is 2.21. The number of halogens is 2. The van der Waals surface area contributed by atoms with Gasteiger partial charge in [0.2, 0.25) is 5.82 Å². The van der Waals surface area contributed by atoms with Crippen LogP contribution in [-0.4, -0.2) is 10.7 Å². The van der Waals surface area contributed by atoms with Gasteiger partial charge in [-0.25, -0.2) is 4.39 Å². The fourth-order valence-electron chi connectivity index (χ4n) is 0.975. The molecule has 0 N–H and O–H groups in total. The van der Waals surface area contributed by atoms with E-state index in [1.54, 1.807) is 0 Å². The maximum atomic E-state index is 13.1. The van der Waals surface area contributed by atoms with Crippen LogP contribution in [0.15, 0.2) is 24.8 Å². The summed E-state index contributed by atoms with van der Waals surface area (Å²) < 4.78 is 26.1. The van der Waals surface area contributed by atoms with E-state index in [2.05, 4.69) is 6.58 Å². The first-order valence-corrected chi connectivity index (χ1v) is 3.77. The van der Waals surface area contributed by atoms with Crippen molar-refractivity contribution in [1.29, 1.82) is 0 Å². The van der Waals surface area contributed by atoms with Gasteiger partial charge in [0, 0.05) is 0 Å². The highest BCUT2D eigenvalue weighted by atomic mass is 19.1. The van der Waals surface area contributed by atoms with Crippen molar-refractivity contribution >= 4 is 11.5 Å². The summed E-state index contributed by atoms with van der Waals surface area (Å²) in [6.45, 7) is 3.09. The number of benzene rings is 1. The third kappa shape index (κ3) is 2.04. The van der Waals surface area contributed by atoms with Crippen LogP contribution in [0.5, 0.6) is 0 Å². The zero-order valence-corrected chi connectivity index (χ0v) is 7.37. The first-order valence-electron chi connectivity index (χ1n) is 3.77. The largest absolute Gasteiger partial charge is 0.307 e. The lowest BCUT2D eigenvalue weighted by Crippen LogP contribution is -2.02. The molecule has 0 bridgehead atoms. The number of nitro groups is 1. The average Bonchev–Trinajstić information content (AvgIpc) is 2.19. The first-order chi connectivity index (χ1) is 6.97. The van der Waals surface area contributed by atoms with Gasteiger partial charge in [0.25, 0.3) is 0 Å². The monoisotopic (exact) mass is 213 g/mol. The van der Waals surface area contributed by atoms with Gasteiger partial charge in [-0.3, -0.25) is 14.9 Å². The Kier molecular flexibility index (Phi) is 2.89. The molecule has 6 heteroatoms. The fraction of sp³-hybridized carbons (Fsp3) is 0. The maximum Gasteiger partial charge on any atom is 0.307 e. The molecule has 0 unspecified atom stereocenters. The molecule has 0 heterocycles. The molecular weight excluding hydrogens is 208 g/mol. The molecule has 0 aliphatic carbocycles. The molecule has 1 aromatic carbocycles. The van der Waals surface area contributed by atoms with Gasteiger partial charge in [0.05, 0.1) is 16.6 Å². The molecule has 0 spiro atoms. The molecule has 15 heavy (non-hydrogen) atoms. The van der Waals surface area contributed by atoms with E-state index in [4.69, 9.17) is 0 Å². The van der Waals surface area contributed by atoms with Gasteiger partial charge in [-0.15, -0.1) is 0 Å². The predicted octanol–water partition coefficient (Wildman–Crippen LogP) is 2.24. The minimum atomic E-state index is -1.26. The maximum absolute atomic E-state index is 13.1. The Morgan fingerprint density at radius 3 is 2.47 bits per heavy atom. The lowest BCUT2D eigenvalue weighted by atomic mass is 10.1. The molecule has 0 radical (unpaired) electrons. The molecular formula is C9H5F2NO3. The molecule has 0 fully saturated rings. The Bertz CT molecular complexity index is 457. The summed E-state index contributed by atoms with van der Waals surface area (Å²) in [5.74, 6) is -3.24. The Morgan fingerprint density at radius 2 is 2.00 bits per heavy atom. The van der Waals surface area contributed by atoms with Gasteiger partial charge < -0.3 is 0 Å². The third-order valence-corrected chi connectivity index (χ3v) is 1.68. The summed E-state index contributed by atoms with van der Waals surface area (Å²) in [4.78, 5) is 20.1. The van der Waals surface area contributed by atoms with Crippen LogP contribution < -0.4 is 0 Å². The van der Waals surface area contributed by atoms with E-state index < -0.39 is 33.6 Å². The van der Waals surface area contributed by atoms with Gasteiger partial charge >= 0.3 is 5.69 Å². The molecule has 0 atom stereocenters. The van der Waals surface area contributed by atoms with Crippen LogP contribution in [0.2, 0.25) is 0 Å². The van der Waals surface area contributed by atoms with Gasteiger partial charge in [-0.1, -0.05) is 6.58 Å². The zero-order valence-electron chi connectivity index (χ0n) is 7.37. The number of nitrogens with zero attached hydrogens (tertiary/aromatic N) is 1. The van der Waals surface area contributed by atoms with Crippen LogP contribution in [0, 0.1) is 21.7 Å². The molecule has 78 valence electrons. The molecule has 1 aromatic rings. The van der Waals surface area contributed by atoms with Crippen molar-refractivity contribution < 1.29 is 18.5 Å². The van der Waals surface area contributed by atoms with Crippen LogP contribution in [0.4, 0.5) is 14.5 Å². The molecule has 0 amide bonds. The standard InChI is InChI=1S/C9H5F2NO3/c1-2-9(13)5-3-7(11)8(12(14)15)4-6(5)10/h2-4H,1H2. The minimum absolute atomic E-state index is 0.367. The first kappa shape index (κ1) is 11.0. The highest BCUT2D eigenvalue weighted by molar-refractivity contribution is 6.04. The van der Waals surface area contributed by atoms with E-state index in [1.807, 2.05) is 0 Å². The van der Waals surface area contributed by atoms with Gasteiger partial charge in [0.15, 0.2) is 5.78 Å². The average molecular weight is 213 g/mol. The van der Waals surface area contributed by atoms with Crippen molar-refractivity contribution in [3.8, 4) is 0 Å². The fourth-order valence-corrected chi connectivity index (χ4v) is 0.975. The predicted molar refractivity (Wildman–Crippen MR) is 47.5 cm³/mol. The highest BCUT2D eigenvalue weighted by Gasteiger charge is 2.20. The molecule has 0 saturated carbocycles. The van der Waals surface area contributed by atoms with Gasteiger partial charge in [-0.2, -0.15) is 4.39 Å². The summed E-state index contributed by atoms with van der Waals surface area (Å²) in [5, 5.41) is 10.2. The van der Waals surface area contributed by atoms with E-state index in [0.717, 1.165) is 6.08 Å². The summed E-state index contributed by atoms with van der Waals surface area (Å²) in [7, 11) is 0. The summed E-state index contributed by atoms with van der Waals surface area (Å²) >= 11 is 0. The van der Waals surface area contributed by atoms with Gasteiger partial charge in [-0.05, 0) is 12.1 Å². The van der Waals surface area contributed by atoms with Crippen molar-refractivity contribution in [1.82, 2.24) is 0 Å². The van der Waals surface area contributed by atoms with E-state index in [9.17, 15) is 23.7 Å². The Morgan fingerprint density at radius 1 is 1.40 bits per heavy atom. The van der Waals surface area contributed by atoms with Crippen molar-refractivity contribution in [2.24, 2.45) is 0 Å². The zero-order chi connectivity index (χ0) is 11.6. The van der Waals surface area contributed by atoms with Crippen LogP contribution in [-0.2, 0) is 0 Å². The SMILES string of the molecule is C=CC(=O)c1cc(F)c([N+](=O)[O-])cc1F. The van der Waals surface area contributed by atoms with Crippen molar-refractivity contribution in [2.45, 2.75) is 0 Å². The van der Waals surface area contributed by atoms with Crippen LogP contribution in [0.3, 0.4) is 0 Å². The summed E-state index contributed by atoms with van der Waals surface area (Å²) in [6, 6.07) is 0.851. The van der Waals surface area contributed by atoms with Crippen molar-refractivity contribution in [3.05, 3.63) is 52.1 Å². The molecule has 0 saturated heterocycles. The lowest BCUT2D eigenvalue weighted by Gasteiger charge is -1.99. The summed E-state index contributed by atoms with van der Waals surface area (Å²) in [6.07, 6.45) is 0.795. The van der Waals surface area contributed by atoms with Crippen LogP contribution in [0.1, 0.15) is 10.4 Å². The molecule has 1 rings (SSSR count). The second-order valence-corrected chi connectivity index (χ2v) is 2.61. The number of ketones is 1. The summed E-state index contributed by atoms with van der Waals surface area (Å²) in [5.41, 5.74) is -1.58. The molecule has 0 aromatic heterocycles. The second kappa shape index (κ2) is 3.95. The molecule has 0 aliphatic heterocycles. The quantitative estimate of drug-likeness (QED) is 0.335. The lowest BCUT2D eigenvalue weighted by molar-refractivity contribution is -0.387. The Hall–Kier alpha value is -2.11.